The number of nitrogens with zero attached hydrogens (tertiary/aromatic N) is 6. The van der Waals surface area contributed by atoms with Gasteiger partial charge in [-0.25, -0.2) is 14.3 Å². The Kier molecular flexibility index (Phi) is 7.49. The van der Waals surface area contributed by atoms with E-state index in [1.165, 1.54) is 0 Å². The molecular formula is C19H21BrN8O3. The van der Waals surface area contributed by atoms with Crippen LogP contribution in [-0.2, 0) is 11.3 Å². The molecule has 0 saturated carbocycles. The van der Waals surface area contributed by atoms with E-state index in [1.54, 1.807) is 29.8 Å². The molecule has 0 atom stereocenters. The van der Waals surface area contributed by atoms with E-state index in [1.807, 2.05) is 25.1 Å². The first-order valence-corrected chi connectivity index (χ1v) is 10.1. The lowest BCUT2D eigenvalue weighted by atomic mass is 10.3. The van der Waals surface area contributed by atoms with Crippen molar-refractivity contribution in [2.45, 2.75) is 20.0 Å². The molecule has 3 N–H and O–H groups in total. The largest absolute Gasteiger partial charge is 0.458 e. The predicted molar refractivity (Wildman–Crippen MR) is 119 cm³/mol. The average Bonchev–Trinajstić information content (AvgIpc) is 3.14. The lowest BCUT2D eigenvalue weighted by Gasteiger charge is -2.09. The van der Waals surface area contributed by atoms with Gasteiger partial charge in [0.1, 0.15) is 17.9 Å². The number of imidazole rings is 1. The monoisotopic (exact) mass is 488 g/mol. The number of halogens is 1. The topological polar surface area (TPSA) is 141 Å². The minimum Gasteiger partial charge on any atom is -0.458 e. The van der Waals surface area contributed by atoms with Gasteiger partial charge in [-0.3, -0.25) is 10.3 Å². The van der Waals surface area contributed by atoms with E-state index in [-0.39, 0.29) is 18.6 Å². The summed E-state index contributed by atoms with van der Waals surface area (Å²) in [6, 6.07) is 11.0. The number of nitrogens with one attached hydrogen (secondary N) is 1. The summed E-state index contributed by atoms with van der Waals surface area (Å²) in [6.45, 7) is 2.33. The number of benzene rings is 1. The fourth-order valence-corrected chi connectivity index (χ4v) is 3.12. The molecule has 0 unspecified atom stereocenters. The molecule has 2 aromatic heterocycles. The molecule has 162 valence electrons. The number of ether oxygens (including phenoxy) is 2. The molecule has 1 aromatic carbocycles. The molecule has 0 aliphatic carbocycles. The first-order valence-electron chi connectivity index (χ1n) is 9.35. The first kappa shape index (κ1) is 22.2. The third-order valence-electron chi connectivity index (χ3n) is 3.98. The third kappa shape index (κ3) is 5.34. The Morgan fingerprint density at radius 3 is 2.81 bits per heavy atom. The van der Waals surface area contributed by atoms with Crippen molar-refractivity contribution < 1.29 is 14.3 Å². The van der Waals surface area contributed by atoms with Gasteiger partial charge in [-0.2, -0.15) is 4.98 Å². The molecule has 11 nitrogen and oxygen atoms in total. The van der Waals surface area contributed by atoms with Gasteiger partial charge in [0.05, 0.1) is 17.8 Å². The Morgan fingerprint density at radius 2 is 2.06 bits per heavy atom. The summed E-state index contributed by atoms with van der Waals surface area (Å²) in [5.41, 5.74) is 1.94. The Hall–Kier alpha value is -3.54. The van der Waals surface area contributed by atoms with E-state index in [2.05, 4.69) is 46.5 Å². The highest BCUT2D eigenvalue weighted by Crippen LogP contribution is 2.28. The van der Waals surface area contributed by atoms with Crippen LogP contribution >= 0.6 is 15.9 Å². The van der Waals surface area contributed by atoms with E-state index in [0.717, 1.165) is 10.9 Å². The van der Waals surface area contributed by atoms with Gasteiger partial charge in [0, 0.05) is 11.5 Å². The summed E-state index contributed by atoms with van der Waals surface area (Å²) in [5, 5.41) is 9.77. The molecular weight excluding hydrogens is 468 g/mol. The number of nitrogens with two attached hydrogens (primary N) is 1. The Bertz CT molecular complexity index is 1130. The van der Waals surface area contributed by atoms with Crippen molar-refractivity contribution in [2.75, 3.05) is 19.0 Å². The van der Waals surface area contributed by atoms with Gasteiger partial charge in [0.2, 0.25) is 0 Å². The second-order valence-corrected chi connectivity index (χ2v) is 6.99. The number of aliphatic imine (C=N–C) groups is 1. The maximum atomic E-state index is 11.7. The Balaban J connectivity index is 1.85. The number of carbonyl (C=O) groups excluding carboxylic acids is 1. The quantitative estimate of drug-likeness (QED) is 0.177. The number of fused-ring (bicyclic) bond motifs is 1. The molecule has 2 heterocycles. The van der Waals surface area contributed by atoms with Gasteiger partial charge in [-0.05, 0) is 46.6 Å². The fraction of sp³-hybridized carbons (Fsp3) is 0.263. The zero-order chi connectivity index (χ0) is 22.2. The van der Waals surface area contributed by atoms with Crippen molar-refractivity contribution in [3.63, 3.8) is 0 Å². The van der Waals surface area contributed by atoms with Gasteiger partial charge in [-0.1, -0.05) is 29.4 Å². The van der Waals surface area contributed by atoms with Gasteiger partial charge >= 0.3 is 12.1 Å². The molecule has 12 heteroatoms. The van der Waals surface area contributed by atoms with Crippen LogP contribution in [0, 0.1) is 0 Å². The molecule has 0 bridgehead atoms. The van der Waals surface area contributed by atoms with Crippen LogP contribution in [0.5, 0.6) is 6.01 Å². The van der Waals surface area contributed by atoms with E-state index in [4.69, 9.17) is 15.3 Å². The van der Waals surface area contributed by atoms with Crippen LogP contribution in [0.4, 0.5) is 10.6 Å². The smallest absolute Gasteiger partial charge is 0.412 e. The summed E-state index contributed by atoms with van der Waals surface area (Å²) in [4.78, 5) is 24.8. The zero-order valence-electron chi connectivity index (χ0n) is 16.9. The highest BCUT2D eigenvalue weighted by molar-refractivity contribution is 9.10. The minimum atomic E-state index is -0.560. The molecule has 0 radical (unpaired) electrons. The van der Waals surface area contributed by atoms with Gasteiger partial charge in [-0.15, -0.1) is 0 Å². The standard InChI is InChI=1S/C19H21BrN8O3/c1-3-10-30-19(29)24-15-9-4-6-12(23-15)11-31-18-25-16-13(20)7-5-8-14(16)28(18)17(22-2)26-27-21/h4-9H,3,10-11H2,1-2H3,(H2,21,22,26)(H,23,24,29). The van der Waals surface area contributed by atoms with Gasteiger partial charge in [0.25, 0.3) is 5.96 Å². The number of amides is 1. The minimum absolute atomic E-state index is 0.0806. The summed E-state index contributed by atoms with van der Waals surface area (Å²) >= 11 is 3.49. The highest BCUT2D eigenvalue weighted by atomic mass is 79.9. The van der Waals surface area contributed by atoms with Crippen LogP contribution in [0.3, 0.4) is 0 Å². The maximum Gasteiger partial charge on any atom is 0.412 e. The van der Waals surface area contributed by atoms with Gasteiger partial charge in [0.15, 0.2) is 0 Å². The number of rotatable bonds is 6. The summed E-state index contributed by atoms with van der Waals surface area (Å²) < 4.78 is 13.3. The van der Waals surface area contributed by atoms with E-state index in [9.17, 15) is 4.79 Å². The Labute approximate surface area is 186 Å². The van der Waals surface area contributed by atoms with Crippen molar-refractivity contribution in [3.8, 4) is 6.01 Å². The van der Waals surface area contributed by atoms with Crippen molar-refractivity contribution in [1.29, 1.82) is 0 Å². The second-order valence-electron chi connectivity index (χ2n) is 6.14. The molecule has 0 fully saturated rings. The number of para-hydroxylation sites is 1. The second kappa shape index (κ2) is 10.5. The van der Waals surface area contributed by atoms with Crippen molar-refractivity contribution in [1.82, 2.24) is 14.5 Å². The van der Waals surface area contributed by atoms with Crippen molar-refractivity contribution in [2.24, 2.45) is 21.2 Å². The number of anilines is 1. The van der Waals surface area contributed by atoms with E-state index < -0.39 is 6.09 Å². The number of hydrogen-bond acceptors (Lipinski definition) is 7. The van der Waals surface area contributed by atoms with E-state index in [0.29, 0.717) is 29.2 Å². The first-order chi connectivity index (χ1) is 15.1. The maximum absolute atomic E-state index is 11.7. The zero-order valence-corrected chi connectivity index (χ0v) is 18.5. The van der Waals surface area contributed by atoms with Crippen LogP contribution < -0.4 is 15.9 Å². The summed E-state index contributed by atoms with van der Waals surface area (Å²) in [5.74, 6) is 5.79. The fourth-order valence-electron chi connectivity index (χ4n) is 2.68. The van der Waals surface area contributed by atoms with Crippen LogP contribution in [0.1, 0.15) is 19.0 Å². The lowest BCUT2D eigenvalue weighted by Crippen LogP contribution is -2.16. The average molecular weight is 489 g/mol. The lowest BCUT2D eigenvalue weighted by molar-refractivity contribution is 0.161. The van der Waals surface area contributed by atoms with Crippen LogP contribution in [0.2, 0.25) is 0 Å². The third-order valence-corrected chi connectivity index (χ3v) is 4.62. The summed E-state index contributed by atoms with van der Waals surface area (Å²) in [7, 11) is 1.56. The number of hydrogen-bond donors (Lipinski definition) is 2. The molecule has 3 rings (SSSR count). The number of carbonyl (C=O) groups is 1. The molecule has 3 aromatic rings. The molecule has 0 saturated heterocycles. The van der Waals surface area contributed by atoms with Crippen molar-refractivity contribution >= 4 is 44.8 Å². The van der Waals surface area contributed by atoms with E-state index >= 15 is 0 Å². The van der Waals surface area contributed by atoms with Crippen LogP contribution in [-0.4, -0.2) is 40.2 Å². The summed E-state index contributed by atoms with van der Waals surface area (Å²) in [6.07, 6.45) is 0.175. The normalized spacial score (nSPS) is 11.8. The highest BCUT2D eigenvalue weighted by Gasteiger charge is 2.18. The number of pyridine rings is 1. The predicted octanol–water partition coefficient (Wildman–Crippen LogP) is 3.89. The van der Waals surface area contributed by atoms with Crippen LogP contribution in [0.25, 0.3) is 11.0 Å². The van der Waals surface area contributed by atoms with Gasteiger partial charge < -0.3 is 15.3 Å². The SMILES string of the molecule is CCCOC(=O)Nc1cccc(COc2nc3c(Br)cccc3n2C(N=NN)=NC)n1. The molecule has 31 heavy (non-hydrogen) atoms. The molecule has 0 spiro atoms. The molecule has 0 aliphatic heterocycles. The number of aromatic nitrogens is 3. The molecule has 0 aliphatic rings. The Morgan fingerprint density at radius 1 is 1.26 bits per heavy atom. The van der Waals surface area contributed by atoms with Crippen LogP contribution in [0.15, 0.2) is 56.2 Å². The van der Waals surface area contributed by atoms with Crippen molar-refractivity contribution in [3.05, 3.63) is 46.6 Å². The molecule has 1 amide bonds.